The first kappa shape index (κ1) is 13.4. The van der Waals surface area contributed by atoms with Crippen molar-refractivity contribution in [3.05, 3.63) is 42.1 Å². The van der Waals surface area contributed by atoms with E-state index in [9.17, 15) is 9.18 Å². The van der Waals surface area contributed by atoms with Crippen molar-refractivity contribution in [2.24, 2.45) is 11.5 Å². The van der Waals surface area contributed by atoms with Crippen LogP contribution in [0.3, 0.4) is 0 Å². The van der Waals surface area contributed by atoms with Crippen molar-refractivity contribution in [3.8, 4) is 17.0 Å². The van der Waals surface area contributed by atoms with Crippen LogP contribution in [0.5, 0.6) is 5.75 Å². The quantitative estimate of drug-likeness (QED) is 0.891. The average Bonchev–Trinajstić information content (AvgIpc) is 3.18. The Hall–Kier alpha value is -2.54. The van der Waals surface area contributed by atoms with Crippen LogP contribution in [0.4, 0.5) is 9.18 Å². The molecule has 2 unspecified atom stereocenters. The number of halogens is 1. The smallest absolute Gasteiger partial charge is 0.407 e. The summed E-state index contributed by atoms with van der Waals surface area (Å²) in [6, 6.07) is 4.26. The molecule has 1 aromatic carbocycles. The maximum Gasteiger partial charge on any atom is 0.410 e. The predicted molar refractivity (Wildman–Crippen MR) is 73.0 cm³/mol. The maximum atomic E-state index is 13.8. The Morgan fingerprint density at radius 2 is 2.14 bits per heavy atom. The second-order valence-corrected chi connectivity index (χ2v) is 4.90. The van der Waals surface area contributed by atoms with Crippen molar-refractivity contribution in [3.63, 3.8) is 0 Å². The van der Waals surface area contributed by atoms with Crippen molar-refractivity contribution in [2.75, 3.05) is 0 Å². The number of carbonyl (C=O) groups is 1. The van der Waals surface area contributed by atoms with Crippen LogP contribution >= 0.6 is 0 Å². The van der Waals surface area contributed by atoms with Gasteiger partial charge in [0.25, 0.3) is 0 Å². The number of rotatable bonds is 3. The molecule has 0 aliphatic heterocycles. The fourth-order valence-corrected chi connectivity index (χ4v) is 2.10. The van der Waals surface area contributed by atoms with Crippen LogP contribution in [0, 0.1) is 5.82 Å². The van der Waals surface area contributed by atoms with Crippen LogP contribution < -0.4 is 16.2 Å². The minimum Gasteiger partial charge on any atom is -0.407 e. The van der Waals surface area contributed by atoms with Crippen LogP contribution in [0.2, 0.25) is 0 Å². The molecule has 0 spiro atoms. The predicted octanol–water partition coefficient (Wildman–Crippen LogP) is 1.55. The lowest BCUT2D eigenvalue weighted by Gasteiger charge is -2.06. The first-order chi connectivity index (χ1) is 10.0. The number of ether oxygens (including phenoxy) is 1. The first-order valence-corrected chi connectivity index (χ1v) is 6.39. The van der Waals surface area contributed by atoms with Gasteiger partial charge in [-0.3, -0.25) is 4.98 Å². The van der Waals surface area contributed by atoms with Gasteiger partial charge < -0.3 is 16.2 Å². The molecule has 1 fully saturated rings. The molecule has 1 aliphatic rings. The van der Waals surface area contributed by atoms with Gasteiger partial charge in [-0.15, -0.1) is 0 Å². The van der Waals surface area contributed by atoms with E-state index in [0.717, 1.165) is 12.1 Å². The number of aromatic nitrogens is 2. The molecule has 1 amide bonds. The third kappa shape index (κ3) is 2.82. The monoisotopic (exact) mass is 288 g/mol. The summed E-state index contributed by atoms with van der Waals surface area (Å²) in [5.41, 5.74) is 12.5. The molecule has 7 heteroatoms. The lowest BCUT2D eigenvalue weighted by molar-refractivity contribution is 0.208. The fraction of sp³-hybridized carbons (Fsp3) is 0.214. The number of hydrogen-bond donors (Lipinski definition) is 2. The van der Waals surface area contributed by atoms with Crippen molar-refractivity contribution in [2.45, 2.75) is 18.4 Å². The number of carbonyl (C=O) groups excluding carboxylic acids is 1. The fourth-order valence-electron chi connectivity index (χ4n) is 2.10. The molecule has 3 rings (SSSR count). The summed E-state index contributed by atoms with van der Waals surface area (Å²) in [4.78, 5) is 19.2. The summed E-state index contributed by atoms with van der Waals surface area (Å²) < 4.78 is 18.4. The Kier molecular flexibility index (Phi) is 3.26. The van der Waals surface area contributed by atoms with Crippen LogP contribution in [0.1, 0.15) is 18.0 Å². The summed E-state index contributed by atoms with van der Waals surface area (Å²) >= 11 is 0. The SMILES string of the molecule is NC(=O)Oc1ccc(-c2cncc(C3CC3N)n2)cc1F. The summed E-state index contributed by atoms with van der Waals surface area (Å²) in [6.07, 6.45) is 3.03. The van der Waals surface area contributed by atoms with E-state index < -0.39 is 11.9 Å². The number of nitrogens with zero attached hydrogens (tertiary/aromatic N) is 2. The molecule has 4 N–H and O–H groups in total. The van der Waals surface area contributed by atoms with Gasteiger partial charge in [0.05, 0.1) is 17.6 Å². The van der Waals surface area contributed by atoms with Gasteiger partial charge in [-0.1, -0.05) is 0 Å². The number of nitrogens with two attached hydrogens (primary N) is 2. The summed E-state index contributed by atoms with van der Waals surface area (Å²) in [5, 5.41) is 0. The molecule has 21 heavy (non-hydrogen) atoms. The molecular weight excluding hydrogens is 275 g/mol. The van der Waals surface area contributed by atoms with Crippen LogP contribution in [0.25, 0.3) is 11.3 Å². The molecular formula is C14H13FN4O2. The number of benzene rings is 1. The van der Waals surface area contributed by atoms with E-state index in [0.29, 0.717) is 11.3 Å². The average molecular weight is 288 g/mol. The molecule has 6 nitrogen and oxygen atoms in total. The van der Waals surface area contributed by atoms with Crippen molar-refractivity contribution >= 4 is 6.09 Å². The van der Waals surface area contributed by atoms with Crippen LogP contribution in [0.15, 0.2) is 30.6 Å². The van der Waals surface area contributed by atoms with E-state index >= 15 is 0 Å². The standard InChI is InChI=1S/C14H13FN4O2/c15-9-3-7(1-2-13(9)21-14(17)20)11-5-18-6-12(19-11)8-4-10(8)16/h1-3,5-6,8,10H,4,16H2,(H2,17,20). The Balaban J connectivity index is 1.90. The largest absolute Gasteiger partial charge is 0.410 e. The van der Waals surface area contributed by atoms with Gasteiger partial charge in [0, 0.05) is 23.7 Å². The van der Waals surface area contributed by atoms with Gasteiger partial charge >= 0.3 is 6.09 Å². The van der Waals surface area contributed by atoms with Gasteiger partial charge in [0.2, 0.25) is 0 Å². The van der Waals surface area contributed by atoms with Crippen molar-refractivity contribution < 1.29 is 13.9 Å². The molecule has 1 heterocycles. The van der Waals surface area contributed by atoms with E-state index in [1.54, 1.807) is 18.5 Å². The van der Waals surface area contributed by atoms with Crippen molar-refractivity contribution in [1.82, 2.24) is 9.97 Å². The molecule has 1 aliphatic carbocycles. The number of amides is 1. The highest BCUT2D eigenvalue weighted by Gasteiger charge is 2.36. The highest BCUT2D eigenvalue weighted by molar-refractivity contribution is 5.69. The molecule has 1 saturated carbocycles. The molecule has 1 aromatic heterocycles. The van der Waals surface area contributed by atoms with E-state index in [1.807, 2.05) is 0 Å². The number of hydrogen-bond acceptors (Lipinski definition) is 5. The third-order valence-corrected chi connectivity index (χ3v) is 3.31. The minimum absolute atomic E-state index is 0.123. The molecule has 0 saturated heterocycles. The van der Waals surface area contributed by atoms with Gasteiger partial charge in [-0.05, 0) is 24.6 Å². The van der Waals surface area contributed by atoms with Gasteiger partial charge in [-0.2, -0.15) is 0 Å². The Labute approximate surface area is 120 Å². The van der Waals surface area contributed by atoms with E-state index in [1.165, 1.54) is 12.1 Å². The Morgan fingerprint density at radius 3 is 2.76 bits per heavy atom. The van der Waals surface area contributed by atoms with Crippen molar-refractivity contribution in [1.29, 1.82) is 0 Å². The molecule has 2 aromatic rings. The van der Waals surface area contributed by atoms with E-state index in [4.69, 9.17) is 11.5 Å². The van der Waals surface area contributed by atoms with Gasteiger partial charge in [0.1, 0.15) is 0 Å². The zero-order chi connectivity index (χ0) is 15.0. The molecule has 2 atom stereocenters. The third-order valence-electron chi connectivity index (χ3n) is 3.31. The normalized spacial score (nSPS) is 20.1. The summed E-state index contributed by atoms with van der Waals surface area (Å²) in [5.74, 6) is -0.694. The summed E-state index contributed by atoms with van der Waals surface area (Å²) in [6.45, 7) is 0. The minimum atomic E-state index is -1.06. The van der Waals surface area contributed by atoms with Crippen LogP contribution in [-0.2, 0) is 0 Å². The van der Waals surface area contributed by atoms with Gasteiger partial charge in [0.15, 0.2) is 11.6 Å². The summed E-state index contributed by atoms with van der Waals surface area (Å²) in [7, 11) is 0. The second-order valence-electron chi connectivity index (χ2n) is 4.90. The van der Waals surface area contributed by atoms with Gasteiger partial charge in [-0.25, -0.2) is 14.2 Å². The molecule has 0 bridgehead atoms. The Morgan fingerprint density at radius 1 is 1.38 bits per heavy atom. The first-order valence-electron chi connectivity index (χ1n) is 6.39. The van der Waals surface area contributed by atoms with E-state index in [2.05, 4.69) is 14.7 Å². The second kappa shape index (κ2) is 5.10. The Bertz CT molecular complexity index is 707. The zero-order valence-corrected chi connectivity index (χ0v) is 11.0. The maximum absolute atomic E-state index is 13.8. The topological polar surface area (TPSA) is 104 Å². The molecule has 0 radical (unpaired) electrons. The lowest BCUT2D eigenvalue weighted by atomic mass is 10.1. The van der Waals surface area contributed by atoms with E-state index in [-0.39, 0.29) is 17.7 Å². The zero-order valence-electron chi connectivity index (χ0n) is 11.0. The highest BCUT2D eigenvalue weighted by atomic mass is 19.1. The lowest BCUT2D eigenvalue weighted by Crippen LogP contribution is -2.16. The van der Waals surface area contributed by atoms with Crippen LogP contribution in [-0.4, -0.2) is 22.1 Å². The number of primary amides is 1. The highest BCUT2D eigenvalue weighted by Crippen LogP contribution is 2.38. The molecule has 108 valence electrons.